The van der Waals surface area contributed by atoms with Crippen LogP contribution in [0.25, 0.3) is 0 Å². The van der Waals surface area contributed by atoms with E-state index in [2.05, 4.69) is 20.9 Å². The molecule has 1 aromatic heterocycles. The zero-order chi connectivity index (χ0) is 11.1. The van der Waals surface area contributed by atoms with Crippen LogP contribution in [0, 0.1) is 0 Å². The van der Waals surface area contributed by atoms with E-state index in [1.165, 1.54) is 0 Å². The second kappa shape index (κ2) is 3.59. The summed E-state index contributed by atoms with van der Waals surface area (Å²) in [5.74, 6) is 0.503. The molecule has 0 bridgehead atoms. The Labute approximate surface area is 97.7 Å². The lowest BCUT2D eigenvalue weighted by atomic mass is 10.0. The van der Waals surface area contributed by atoms with E-state index in [9.17, 15) is 8.42 Å². The van der Waals surface area contributed by atoms with Crippen molar-refractivity contribution >= 4 is 25.8 Å². The highest BCUT2D eigenvalue weighted by Gasteiger charge is 2.39. The number of hydrogen-bond acceptors (Lipinski definition) is 3. The topological polar surface area (TPSA) is 52.0 Å². The number of imidazole rings is 1. The predicted octanol–water partition coefficient (Wildman–Crippen LogP) is 1.31. The third-order valence-corrected chi connectivity index (χ3v) is 5.34. The summed E-state index contributed by atoms with van der Waals surface area (Å²) >= 11 is 3.33. The van der Waals surface area contributed by atoms with E-state index in [4.69, 9.17) is 0 Å². The van der Waals surface area contributed by atoms with Gasteiger partial charge < -0.3 is 4.57 Å². The van der Waals surface area contributed by atoms with Crippen molar-refractivity contribution in [2.24, 2.45) is 0 Å². The molecule has 1 fully saturated rings. The monoisotopic (exact) mass is 292 g/mol. The average molecular weight is 293 g/mol. The van der Waals surface area contributed by atoms with Crippen LogP contribution in [0.5, 0.6) is 0 Å². The van der Waals surface area contributed by atoms with E-state index >= 15 is 0 Å². The molecule has 1 aliphatic heterocycles. The fourth-order valence-electron chi connectivity index (χ4n) is 1.92. The van der Waals surface area contributed by atoms with Crippen LogP contribution in [0.3, 0.4) is 0 Å². The first-order chi connectivity index (χ1) is 6.95. The van der Waals surface area contributed by atoms with Gasteiger partial charge in [-0.15, -0.1) is 0 Å². The molecule has 0 N–H and O–H groups in total. The Morgan fingerprint density at radius 3 is 2.87 bits per heavy atom. The van der Waals surface area contributed by atoms with Gasteiger partial charge in [0.05, 0.1) is 29.1 Å². The molecule has 84 valence electrons. The van der Waals surface area contributed by atoms with E-state index in [0.717, 1.165) is 5.69 Å². The fourth-order valence-corrected chi connectivity index (χ4v) is 4.35. The molecule has 0 saturated carbocycles. The highest BCUT2D eigenvalue weighted by Crippen LogP contribution is 2.30. The number of sulfone groups is 1. The van der Waals surface area contributed by atoms with Crippen LogP contribution >= 0.6 is 15.9 Å². The summed E-state index contributed by atoms with van der Waals surface area (Å²) in [5, 5.41) is 0.697. The number of aromatic nitrogens is 2. The molecule has 1 atom stereocenters. The Bertz CT molecular complexity index is 468. The van der Waals surface area contributed by atoms with Crippen LogP contribution in [0.4, 0.5) is 0 Å². The van der Waals surface area contributed by atoms with E-state index in [0.29, 0.717) is 11.8 Å². The lowest BCUT2D eigenvalue weighted by Gasteiger charge is -2.23. The second-order valence-corrected chi connectivity index (χ2v) is 6.99. The SMILES string of the molecule is CC1(n2cnc(CBr)c2)CCS(=O)(=O)C1. The van der Waals surface area contributed by atoms with Gasteiger partial charge in [0, 0.05) is 11.5 Å². The van der Waals surface area contributed by atoms with Crippen LogP contribution in [-0.2, 0) is 20.7 Å². The summed E-state index contributed by atoms with van der Waals surface area (Å²) < 4.78 is 24.8. The summed E-state index contributed by atoms with van der Waals surface area (Å²) in [4.78, 5) is 4.19. The lowest BCUT2D eigenvalue weighted by molar-refractivity contribution is 0.365. The molecule has 1 aliphatic rings. The third-order valence-electron chi connectivity index (χ3n) is 2.88. The van der Waals surface area contributed by atoms with Gasteiger partial charge in [-0.1, -0.05) is 15.9 Å². The number of rotatable bonds is 2. The van der Waals surface area contributed by atoms with Crippen molar-refractivity contribution in [3.8, 4) is 0 Å². The number of alkyl halides is 1. The zero-order valence-corrected chi connectivity index (χ0v) is 10.9. The summed E-state index contributed by atoms with van der Waals surface area (Å²) in [6, 6.07) is 0. The normalized spacial score (nSPS) is 29.5. The van der Waals surface area contributed by atoms with Crippen LogP contribution in [0.15, 0.2) is 12.5 Å². The molecule has 0 amide bonds. The summed E-state index contributed by atoms with van der Waals surface area (Å²) in [6.07, 6.45) is 4.31. The molecule has 4 nitrogen and oxygen atoms in total. The average Bonchev–Trinajstić information content (AvgIpc) is 2.71. The Kier molecular flexibility index (Phi) is 2.66. The first kappa shape index (κ1) is 11.1. The maximum Gasteiger partial charge on any atom is 0.152 e. The highest BCUT2D eigenvalue weighted by atomic mass is 79.9. The van der Waals surface area contributed by atoms with Gasteiger partial charge in [-0.2, -0.15) is 0 Å². The smallest absolute Gasteiger partial charge is 0.152 e. The van der Waals surface area contributed by atoms with Gasteiger partial charge in [0.1, 0.15) is 0 Å². The standard InChI is InChI=1S/C9H13BrN2O2S/c1-9(2-3-15(13,14)6-9)12-5-8(4-10)11-7-12/h5,7H,2-4,6H2,1H3. The molecule has 0 radical (unpaired) electrons. The summed E-state index contributed by atoms with van der Waals surface area (Å²) in [5.41, 5.74) is 0.618. The third kappa shape index (κ3) is 2.10. The minimum absolute atomic E-state index is 0.220. The van der Waals surface area contributed by atoms with Gasteiger partial charge in [0.2, 0.25) is 0 Å². The Balaban J connectivity index is 2.31. The molecular formula is C9H13BrN2O2S. The van der Waals surface area contributed by atoms with E-state index in [1.54, 1.807) is 6.33 Å². The summed E-state index contributed by atoms with van der Waals surface area (Å²) in [7, 11) is -2.86. The van der Waals surface area contributed by atoms with Gasteiger partial charge in [0.15, 0.2) is 9.84 Å². The molecule has 1 saturated heterocycles. The minimum atomic E-state index is -2.86. The van der Waals surface area contributed by atoms with Crippen molar-refractivity contribution in [2.75, 3.05) is 11.5 Å². The van der Waals surface area contributed by atoms with Crippen molar-refractivity contribution in [2.45, 2.75) is 24.2 Å². The minimum Gasteiger partial charge on any atom is -0.330 e. The van der Waals surface area contributed by atoms with Gasteiger partial charge in [0.25, 0.3) is 0 Å². The molecule has 1 aromatic rings. The van der Waals surface area contributed by atoms with E-state index in [-0.39, 0.29) is 17.0 Å². The molecule has 15 heavy (non-hydrogen) atoms. The Hall–Kier alpha value is -0.360. The van der Waals surface area contributed by atoms with Gasteiger partial charge >= 0.3 is 0 Å². The van der Waals surface area contributed by atoms with Crippen LogP contribution in [-0.4, -0.2) is 29.5 Å². The molecule has 6 heteroatoms. The van der Waals surface area contributed by atoms with E-state index < -0.39 is 9.84 Å². The van der Waals surface area contributed by atoms with Crippen molar-refractivity contribution in [1.82, 2.24) is 9.55 Å². The fraction of sp³-hybridized carbons (Fsp3) is 0.667. The maximum absolute atomic E-state index is 11.5. The summed E-state index contributed by atoms with van der Waals surface area (Å²) in [6.45, 7) is 1.97. The van der Waals surface area contributed by atoms with Gasteiger partial charge in [-0.3, -0.25) is 0 Å². The highest BCUT2D eigenvalue weighted by molar-refractivity contribution is 9.08. The van der Waals surface area contributed by atoms with Crippen molar-refractivity contribution in [3.05, 3.63) is 18.2 Å². The zero-order valence-electron chi connectivity index (χ0n) is 8.48. The Morgan fingerprint density at radius 1 is 1.67 bits per heavy atom. The second-order valence-electron chi connectivity index (χ2n) is 4.24. The largest absolute Gasteiger partial charge is 0.330 e. The predicted molar refractivity (Wildman–Crippen MR) is 61.8 cm³/mol. The van der Waals surface area contributed by atoms with E-state index in [1.807, 2.05) is 17.7 Å². The number of nitrogens with zero attached hydrogens (tertiary/aromatic N) is 2. The Morgan fingerprint density at radius 2 is 2.40 bits per heavy atom. The van der Waals surface area contributed by atoms with Gasteiger partial charge in [-0.05, 0) is 13.3 Å². The van der Waals surface area contributed by atoms with Crippen LogP contribution in [0.2, 0.25) is 0 Å². The van der Waals surface area contributed by atoms with Crippen molar-refractivity contribution in [1.29, 1.82) is 0 Å². The molecule has 0 spiro atoms. The molecule has 2 rings (SSSR count). The molecule has 0 aromatic carbocycles. The van der Waals surface area contributed by atoms with Gasteiger partial charge in [-0.25, -0.2) is 13.4 Å². The van der Waals surface area contributed by atoms with Crippen LogP contribution in [0.1, 0.15) is 19.0 Å². The molecule has 0 aliphatic carbocycles. The molecule has 2 heterocycles. The van der Waals surface area contributed by atoms with Crippen LogP contribution < -0.4 is 0 Å². The van der Waals surface area contributed by atoms with Crippen molar-refractivity contribution < 1.29 is 8.42 Å². The number of halogens is 1. The molecular weight excluding hydrogens is 280 g/mol. The first-order valence-corrected chi connectivity index (χ1v) is 7.69. The van der Waals surface area contributed by atoms with Crippen molar-refractivity contribution in [3.63, 3.8) is 0 Å². The number of hydrogen-bond donors (Lipinski definition) is 0. The first-order valence-electron chi connectivity index (χ1n) is 4.75. The quantitative estimate of drug-likeness (QED) is 0.773. The lowest BCUT2D eigenvalue weighted by Crippen LogP contribution is -2.30. The molecule has 1 unspecified atom stereocenters. The maximum atomic E-state index is 11.5.